The maximum atomic E-state index is 11.2. The molecule has 3 amide bonds. The number of nitrogens with zero attached hydrogens (tertiary/aromatic N) is 1. The lowest BCUT2D eigenvalue weighted by Gasteiger charge is -2.30. The maximum Gasteiger partial charge on any atom is 0.324 e. The largest absolute Gasteiger partial charge is 0.324 e. The van der Waals surface area contributed by atoms with Crippen molar-refractivity contribution in [3.63, 3.8) is 0 Å². The predicted octanol–water partition coefficient (Wildman–Crippen LogP) is 0.337. The number of hydrogen-bond donors (Lipinski definition) is 1. The van der Waals surface area contributed by atoms with Crippen LogP contribution in [0.1, 0.15) is 19.8 Å². The van der Waals surface area contributed by atoms with Gasteiger partial charge in [0.15, 0.2) is 0 Å². The molecule has 12 heavy (non-hydrogen) atoms. The lowest BCUT2D eigenvalue weighted by molar-refractivity contribution is -0.122. The Hall–Kier alpha value is -1.06. The summed E-state index contributed by atoms with van der Waals surface area (Å²) in [7, 11) is 0. The molecular weight excluding hydrogens is 156 g/mol. The Balaban J connectivity index is 2.17. The third-order valence-corrected chi connectivity index (χ3v) is 2.66. The molecule has 0 aromatic rings. The minimum Gasteiger partial charge on any atom is -0.312 e. The molecule has 0 spiro atoms. The maximum absolute atomic E-state index is 11.2. The van der Waals surface area contributed by atoms with Crippen molar-refractivity contribution in [1.82, 2.24) is 10.2 Å². The number of hydrogen-bond acceptors (Lipinski definition) is 2. The zero-order valence-corrected chi connectivity index (χ0v) is 7.04. The van der Waals surface area contributed by atoms with Gasteiger partial charge in [0.2, 0.25) is 0 Å². The van der Waals surface area contributed by atoms with E-state index in [2.05, 4.69) is 12.2 Å². The first-order valence-electron chi connectivity index (χ1n) is 4.30. The number of amides is 3. The first-order chi connectivity index (χ1) is 5.68. The number of carbonyl (C=O) groups is 2. The van der Waals surface area contributed by atoms with Crippen LogP contribution in [0.3, 0.4) is 0 Å². The Labute approximate surface area is 70.9 Å². The van der Waals surface area contributed by atoms with Gasteiger partial charge in [-0.25, -0.2) is 4.79 Å². The summed E-state index contributed by atoms with van der Waals surface area (Å²) in [4.78, 5) is 24.0. The Bertz CT molecular complexity index is 239. The lowest BCUT2D eigenvalue weighted by Crippen LogP contribution is -2.41. The van der Waals surface area contributed by atoms with Crippen molar-refractivity contribution in [2.45, 2.75) is 25.8 Å². The number of nitrogens with one attached hydrogen (secondary N) is 1. The Morgan fingerprint density at radius 3 is 3.00 bits per heavy atom. The van der Waals surface area contributed by atoms with Gasteiger partial charge in [-0.15, -0.1) is 0 Å². The van der Waals surface area contributed by atoms with Crippen LogP contribution in [0.15, 0.2) is 0 Å². The number of piperidine rings is 1. The minimum atomic E-state index is -0.211. The molecule has 0 radical (unpaired) electrons. The molecule has 2 unspecified atom stereocenters. The molecule has 4 heteroatoms. The molecular formula is C8H12N2O2. The molecule has 2 aliphatic rings. The van der Waals surface area contributed by atoms with E-state index in [0.29, 0.717) is 5.92 Å². The van der Waals surface area contributed by atoms with Crippen LogP contribution in [0.25, 0.3) is 0 Å². The third-order valence-electron chi connectivity index (χ3n) is 2.66. The van der Waals surface area contributed by atoms with E-state index in [4.69, 9.17) is 0 Å². The normalized spacial score (nSPS) is 34.9. The molecule has 0 aliphatic carbocycles. The Morgan fingerprint density at radius 1 is 1.50 bits per heavy atom. The quantitative estimate of drug-likeness (QED) is 0.530. The van der Waals surface area contributed by atoms with Crippen LogP contribution in [-0.4, -0.2) is 29.4 Å². The van der Waals surface area contributed by atoms with Crippen LogP contribution in [0.2, 0.25) is 0 Å². The fourth-order valence-electron chi connectivity index (χ4n) is 1.89. The van der Waals surface area contributed by atoms with Gasteiger partial charge in [-0.1, -0.05) is 6.92 Å². The van der Waals surface area contributed by atoms with Gasteiger partial charge in [-0.3, -0.25) is 10.1 Å². The first kappa shape index (κ1) is 7.58. The van der Waals surface area contributed by atoms with E-state index in [1.165, 1.54) is 0 Å². The molecule has 0 aromatic carbocycles. The molecule has 0 aromatic heterocycles. The van der Waals surface area contributed by atoms with E-state index in [1.807, 2.05) is 0 Å². The van der Waals surface area contributed by atoms with Crippen molar-refractivity contribution in [3.05, 3.63) is 0 Å². The van der Waals surface area contributed by atoms with E-state index >= 15 is 0 Å². The molecule has 2 heterocycles. The number of rotatable bonds is 0. The van der Waals surface area contributed by atoms with Crippen molar-refractivity contribution in [3.8, 4) is 0 Å². The number of carbonyl (C=O) groups excluding carboxylic acids is 2. The highest BCUT2D eigenvalue weighted by Crippen LogP contribution is 2.25. The van der Waals surface area contributed by atoms with Gasteiger partial charge in [0.05, 0.1) is 0 Å². The summed E-state index contributed by atoms with van der Waals surface area (Å²) in [6.45, 7) is 2.84. The fourth-order valence-corrected chi connectivity index (χ4v) is 1.89. The first-order valence-corrected chi connectivity index (χ1v) is 4.30. The highest BCUT2D eigenvalue weighted by atomic mass is 16.2. The minimum absolute atomic E-state index is 0.119. The second-order valence-corrected chi connectivity index (χ2v) is 3.63. The monoisotopic (exact) mass is 168 g/mol. The van der Waals surface area contributed by atoms with Crippen LogP contribution in [-0.2, 0) is 4.79 Å². The molecule has 2 rings (SSSR count). The van der Waals surface area contributed by atoms with Gasteiger partial charge in [0.1, 0.15) is 6.04 Å². The van der Waals surface area contributed by atoms with Gasteiger partial charge in [0, 0.05) is 6.54 Å². The summed E-state index contributed by atoms with van der Waals surface area (Å²) in [5.74, 6) is 0.439. The number of urea groups is 1. The third kappa shape index (κ3) is 0.983. The van der Waals surface area contributed by atoms with E-state index in [9.17, 15) is 9.59 Å². The van der Waals surface area contributed by atoms with Crippen molar-refractivity contribution >= 4 is 11.9 Å². The zero-order chi connectivity index (χ0) is 8.72. The van der Waals surface area contributed by atoms with Gasteiger partial charge in [-0.05, 0) is 18.8 Å². The fraction of sp³-hybridized carbons (Fsp3) is 0.750. The van der Waals surface area contributed by atoms with Crippen LogP contribution >= 0.6 is 0 Å². The summed E-state index contributed by atoms with van der Waals surface area (Å²) < 4.78 is 0. The molecule has 0 saturated carbocycles. The van der Waals surface area contributed by atoms with Crippen molar-refractivity contribution < 1.29 is 9.59 Å². The van der Waals surface area contributed by atoms with E-state index < -0.39 is 0 Å². The summed E-state index contributed by atoms with van der Waals surface area (Å²) in [6.07, 6.45) is 1.83. The average molecular weight is 168 g/mol. The standard InChI is InChI=1S/C8H12N2O2/c1-5-2-3-10-6(4-5)7(11)9-8(10)12/h5-6H,2-4H2,1H3,(H,9,11,12). The molecule has 2 saturated heterocycles. The highest BCUT2D eigenvalue weighted by molar-refractivity contribution is 6.04. The van der Waals surface area contributed by atoms with Gasteiger partial charge in [-0.2, -0.15) is 0 Å². The van der Waals surface area contributed by atoms with Crippen LogP contribution in [0, 0.1) is 5.92 Å². The van der Waals surface area contributed by atoms with Crippen LogP contribution < -0.4 is 5.32 Å². The van der Waals surface area contributed by atoms with Gasteiger partial charge < -0.3 is 4.90 Å². The molecule has 2 fully saturated rings. The molecule has 66 valence electrons. The van der Waals surface area contributed by atoms with E-state index in [0.717, 1.165) is 19.4 Å². The lowest BCUT2D eigenvalue weighted by atomic mass is 9.93. The number of fused-ring (bicyclic) bond motifs is 1. The molecule has 2 aliphatic heterocycles. The topological polar surface area (TPSA) is 49.4 Å². The van der Waals surface area contributed by atoms with Crippen LogP contribution in [0.4, 0.5) is 4.79 Å². The van der Waals surface area contributed by atoms with Crippen LogP contribution in [0.5, 0.6) is 0 Å². The van der Waals surface area contributed by atoms with Crippen molar-refractivity contribution in [2.75, 3.05) is 6.54 Å². The SMILES string of the molecule is CC1CCN2C(=O)NC(=O)C2C1. The molecule has 2 atom stereocenters. The Morgan fingerprint density at radius 2 is 2.25 bits per heavy atom. The van der Waals surface area contributed by atoms with Gasteiger partial charge >= 0.3 is 6.03 Å². The van der Waals surface area contributed by atoms with Gasteiger partial charge in [0.25, 0.3) is 5.91 Å². The Kier molecular flexibility index (Phi) is 1.56. The summed E-state index contributed by atoms with van der Waals surface area (Å²) in [5.41, 5.74) is 0. The highest BCUT2D eigenvalue weighted by Gasteiger charge is 2.41. The zero-order valence-electron chi connectivity index (χ0n) is 7.04. The van der Waals surface area contributed by atoms with E-state index in [1.54, 1.807) is 4.90 Å². The summed E-state index contributed by atoms with van der Waals surface area (Å²) in [5, 5.41) is 2.33. The average Bonchev–Trinajstić information content (AvgIpc) is 2.28. The summed E-state index contributed by atoms with van der Waals surface area (Å²) >= 11 is 0. The smallest absolute Gasteiger partial charge is 0.312 e. The summed E-state index contributed by atoms with van der Waals surface area (Å²) in [6, 6.07) is -0.391. The van der Waals surface area contributed by atoms with Crippen molar-refractivity contribution in [2.24, 2.45) is 5.92 Å². The molecule has 1 N–H and O–H groups in total. The second-order valence-electron chi connectivity index (χ2n) is 3.63. The number of imide groups is 1. The predicted molar refractivity (Wildman–Crippen MR) is 42.4 cm³/mol. The van der Waals surface area contributed by atoms with E-state index in [-0.39, 0.29) is 18.0 Å². The second kappa shape index (κ2) is 2.47. The molecule has 4 nitrogen and oxygen atoms in total. The molecule has 0 bridgehead atoms. The van der Waals surface area contributed by atoms with Crippen molar-refractivity contribution in [1.29, 1.82) is 0 Å².